The molecule has 0 bridgehead atoms. The van der Waals surface area contributed by atoms with Crippen LogP contribution in [0.1, 0.15) is 28.3 Å². The number of rotatable bonds is 7. The summed E-state index contributed by atoms with van der Waals surface area (Å²) < 4.78 is 6.03. The number of thioether (sulfide) groups is 1. The second kappa shape index (κ2) is 10.5. The molecule has 0 saturated carbocycles. The van der Waals surface area contributed by atoms with Gasteiger partial charge in [0.05, 0.1) is 18.7 Å². The van der Waals surface area contributed by atoms with E-state index in [0.717, 1.165) is 5.56 Å². The van der Waals surface area contributed by atoms with E-state index in [2.05, 4.69) is 39.4 Å². The lowest BCUT2D eigenvalue weighted by Crippen LogP contribution is -2.29. The molecule has 0 aliphatic carbocycles. The molecule has 186 valence electrons. The smallest absolute Gasteiger partial charge is 0.301 e. The first-order chi connectivity index (χ1) is 18.0. The number of benzene rings is 2. The highest BCUT2D eigenvalue weighted by Gasteiger charge is 2.48. The molecule has 10 heteroatoms. The molecule has 3 heterocycles. The van der Waals surface area contributed by atoms with Crippen molar-refractivity contribution in [3.63, 3.8) is 0 Å². The fourth-order valence-electron chi connectivity index (χ4n) is 4.01. The van der Waals surface area contributed by atoms with Gasteiger partial charge in [0.15, 0.2) is 4.34 Å². The number of anilines is 1. The molecule has 2 aromatic carbocycles. The molecule has 8 nitrogen and oxygen atoms in total. The number of amides is 1. The number of ether oxygens (including phenoxy) is 1. The van der Waals surface area contributed by atoms with Crippen LogP contribution in [-0.2, 0) is 15.3 Å². The normalized spacial score (nSPS) is 16.8. The first-order valence-electron chi connectivity index (χ1n) is 11.3. The van der Waals surface area contributed by atoms with E-state index >= 15 is 0 Å². The topological polar surface area (TPSA) is 106 Å². The van der Waals surface area contributed by atoms with Crippen LogP contribution in [-0.4, -0.2) is 39.1 Å². The van der Waals surface area contributed by atoms with Gasteiger partial charge in [0, 0.05) is 23.7 Å². The van der Waals surface area contributed by atoms with Crippen LogP contribution in [0.5, 0.6) is 5.75 Å². The number of aryl methyl sites for hydroxylation is 1. The van der Waals surface area contributed by atoms with E-state index in [1.165, 1.54) is 53.1 Å². The van der Waals surface area contributed by atoms with Gasteiger partial charge < -0.3 is 9.84 Å². The second-order valence-electron chi connectivity index (χ2n) is 8.31. The van der Waals surface area contributed by atoms with E-state index in [1.807, 2.05) is 6.92 Å². The Morgan fingerprint density at radius 1 is 1.08 bits per heavy atom. The molecular formula is C27H22N4O4S2. The molecule has 37 heavy (non-hydrogen) atoms. The molecule has 1 saturated heterocycles. The molecule has 5 rings (SSSR count). The van der Waals surface area contributed by atoms with Crippen LogP contribution in [0.2, 0.25) is 0 Å². The fraction of sp³-hybridized carbons (Fsp3) is 0.148. The summed E-state index contributed by atoms with van der Waals surface area (Å²) in [5, 5.41) is 19.9. The summed E-state index contributed by atoms with van der Waals surface area (Å²) in [6, 6.07) is 17.5. The van der Waals surface area contributed by atoms with E-state index < -0.39 is 17.7 Å². The summed E-state index contributed by atoms with van der Waals surface area (Å²) in [6.07, 6.45) is 3.02. The number of aliphatic hydroxyl groups excluding tert-OH is 1. The SMILES string of the molecule is COc1cccc(C2C(=C(O)c3ccncc3)C(=O)C(=O)N2c2nnc(SCc3ccc(C)cc3)s2)c1. The van der Waals surface area contributed by atoms with Gasteiger partial charge in [0.2, 0.25) is 5.13 Å². The van der Waals surface area contributed by atoms with Crippen molar-refractivity contribution >= 4 is 45.7 Å². The van der Waals surface area contributed by atoms with E-state index in [1.54, 1.807) is 36.4 Å². The molecule has 1 aliphatic heterocycles. The number of carbonyl (C=O) groups excluding carboxylic acids is 2. The van der Waals surface area contributed by atoms with Gasteiger partial charge in [-0.2, -0.15) is 0 Å². The predicted molar refractivity (Wildman–Crippen MR) is 143 cm³/mol. The Labute approximate surface area is 221 Å². The number of carbonyl (C=O) groups is 2. The largest absolute Gasteiger partial charge is 0.507 e. The summed E-state index contributed by atoms with van der Waals surface area (Å²) in [5.41, 5.74) is 3.27. The molecule has 1 unspecified atom stereocenters. The van der Waals surface area contributed by atoms with Crippen molar-refractivity contribution < 1.29 is 19.4 Å². The maximum atomic E-state index is 13.3. The third-order valence-electron chi connectivity index (χ3n) is 5.89. The van der Waals surface area contributed by atoms with E-state index in [-0.39, 0.29) is 16.5 Å². The molecule has 1 atom stereocenters. The van der Waals surface area contributed by atoms with Crippen molar-refractivity contribution in [1.29, 1.82) is 0 Å². The number of ketones is 1. The molecule has 2 aromatic heterocycles. The monoisotopic (exact) mass is 530 g/mol. The Bertz CT molecular complexity index is 1490. The minimum atomic E-state index is -0.911. The van der Waals surface area contributed by atoms with Gasteiger partial charge >= 0.3 is 5.91 Å². The molecule has 0 spiro atoms. The highest BCUT2D eigenvalue weighted by Crippen LogP contribution is 2.44. The zero-order chi connectivity index (χ0) is 25.9. The van der Waals surface area contributed by atoms with Crippen LogP contribution in [0, 0.1) is 6.92 Å². The highest BCUT2D eigenvalue weighted by atomic mass is 32.2. The lowest BCUT2D eigenvalue weighted by atomic mass is 9.95. The van der Waals surface area contributed by atoms with Gasteiger partial charge in [-0.1, -0.05) is 65.1 Å². The lowest BCUT2D eigenvalue weighted by molar-refractivity contribution is -0.132. The van der Waals surface area contributed by atoms with Crippen LogP contribution >= 0.6 is 23.1 Å². The van der Waals surface area contributed by atoms with Gasteiger partial charge in [-0.15, -0.1) is 10.2 Å². The Balaban J connectivity index is 1.54. The van der Waals surface area contributed by atoms with Gasteiger partial charge in [0.1, 0.15) is 11.5 Å². The van der Waals surface area contributed by atoms with Gasteiger partial charge in [-0.25, -0.2) is 0 Å². The molecule has 4 aromatic rings. The first kappa shape index (κ1) is 24.7. The first-order valence-corrected chi connectivity index (χ1v) is 13.1. The number of hydrogen-bond acceptors (Lipinski definition) is 9. The van der Waals surface area contributed by atoms with Gasteiger partial charge in [-0.3, -0.25) is 19.5 Å². The van der Waals surface area contributed by atoms with Crippen molar-refractivity contribution in [3.05, 3.63) is 101 Å². The van der Waals surface area contributed by atoms with Crippen LogP contribution in [0.25, 0.3) is 5.76 Å². The minimum absolute atomic E-state index is 0.0338. The van der Waals surface area contributed by atoms with Crippen LogP contribution in [0.15, 0.2) is 83.0 Å². The number of aliphatic hydroxyl groups is 1. The number of aromatic nitrogens is 3. The molecule has 0 radical (unpaired) electrons. The summed E-state index contributed by atoms with van der Waals surface area (Å²) in [4.78, 5) is 31.9. The highest BCUT2D eigenvalue weighted by molar-refractivity contribution is 8.00. The van der Waals surface area contributed by atoms with E-state index in [9.17, 15) is 14.7 Å². The fourth-order valence-corrected chi connectivity index (χ4v) is 5.83. The van der Waals surface area contributed by atoms with Crippen molar-refractivity contribution in [2.75, 3.05) is 12.0 Å². The summed E-state index contributed by atoms with van der Waals surface area (Å²) in [5.74, 6) is -0.622. The lowest BCUT2D eigenvalue weighted by Gasteiger charge is -2.22. The van der Waals surface area contributed by atoms with Crippen molar-refractivity contribution in [2.45, 2.75) is 23.1 Å². The Morgan fingerprint density at radius 2 is 1.84 bits per heavy atom. The van der Waals surface area contributed by atoms with Gasteiger partial charge in [0.25, 0.3) is 5.78 Å². The van der Waals surface area contributed by atoms with Crippen LogP contribution < -0.4 is 9.64 Å². The third-order valence-corrected chi connectivity index (χ3v) is 8.02. The zero-order valence-electron chi connectivity index (χ0n) is 20.0. The maximum Gasteiger partial charge on any atom is 0.301 e. The number of methoxy groups -OCH3 is 1. The predicted octanol–water partition coefficient (Wildman–Crippen LogP) is 5.17. The van der Waals surface area contributed by atoms with Gasteiger partial charge in [-0.05, 0) is 42.3 Å². The number of hydrogen-bond donors (Lipinski definition) is 1. The Hall–Kier alpha value is -4.02. The Kier molecular flexibility index (Phi) is 7.02. The zero-order valence-corrected chi connectivity index (χ0v) is 21.6. The van der Waals surface area contributed by atoms with Crippen LogP contribution in [0.3, 0.4) is 0 Å². The average molecular weight is 531 g/mol. The third kappa shape index (κ3) is 4.98. The summed E-state index contributed by atoms with van der Waals surface area (Å²) in [6.45, 7) is 2.04. The van der Waals surface area contributed by atoms with Crippen LogP contribution in [0.4, 0.5) is 5.13 Å². The van der Waals surface area contributed by atoms with Crippen molar-refractivity contribution in [3.8, 4) is 5.75 Å². The summed E-state index contributed by atoms with van der Waals surface area (Å²) in [7, 11) is 1.54. The molecule has 1 aliphatic rings. The second-order valence-corrected chi connectivity index (χ2v) is 10.5. The molecule has 1 N–H and O–H groups in total. The minimum Gasteiger partial charge on any atom is -0.507 e. The number of pyridine rings is 1. The molecule has 1 fully saturated rings. The number of Topliss-reactive ketones (excluding diaryl/α,β-unsaturated/α-hetero) is 1. The molecule has 1 amide bonds. The Morgan fingerprint density at radius 3 is 2.57 bits per heavy atom. The van der Waals surface area contributed by atoms with E-state index in [4.69, 9.17) is 4.74 Å². The number of nitrogens with zero attached hydrogens (tertiary/aromatic N) is 4. The van der Waals surface area contributed by atoms with E-state index in [0.29, 0.717) is 27.0 Å². The summed E-state index contributed by atoms with van der Waals surface area (Å²) >= 11 is 2.73. The molecular weight excluding hydrogens is 508 g/mol. The standard InChI is InChI=1S/C27H22N4O4S2/c1-16-6-8-17(9-7-16)15-36-27-30-29-26(37-27)31-22(19-4-3-5-20(14-19)35-2)21(24(33)25(31)34)23(32)18-10-12-28-13-11-18/h3-14,22,32H,15H2,1-2H3. The van der Waals surface area contributed by atoms with Crippen molar-refractivity contribution in [2.24, 2.45) is 0 Å². The maximum absolute atomic E-state index is 13.3. The quantitative estimate of drug-likeness (QED) is 0.115. The average Bonchev–Trinajstić information content (AvgIpc) is 3.50. The van der Waals surface area contributed by atoms with Crippen molar-refractivity contribution in [1.82, 2.24) is 15.2 Å².